The molecule has 1 aromatic heterocycles. The minimum absolute atomic E-state index is 0.277. The molecule has 1 amide bonds. The van der Waals surface area contributed by atoms with Crippen LogP contribution >= 0.6 is 11.3 Å². The Bertz CT molecular complexity index is 539. The SMILES string of the molecule is O=C(NCCc1nc2c(s1)CCCC2)C1CC12CCNCC2. The van der Waals surface area contributed by atoms with Gasteiger partial charge in [0.25, 0.3) is 0 Å². The topological polar surface area (TPSA) is 54.0 Å². The second kappa shape index (κ2) is 5.93. The van der Waals surface area contributed by atoms with Crippen molar-refractivity contribution in [2.24, 2.45) is 11.3 Å². The van der Waals surface area contributed by atoms with Crippen molar-refractivity contribution >= 4 is 17.2 Å². The fraction of sp³-hybridized carbons (Fsp3) is 0.765. The van der Waals surface area contributed by atoms with Crippen LogP contribution in [0.1, 0.15) is 47.7 Å². The Morgan fingerprint density at radius 3 is 2.95 bits per heavy atom. The molecule has 1 saturated carbocycles. The minimum Gasteiger partial charge on any atom is -0.355 e. The van der Waals surface area contributed by atoms with Crippen LogP contribution in [0.5, 0.6) is 0 Å². The molecule has 3 aliphatic rings. The standard InChI is InChI=1S/C17H25N3OS/c21-16(12-11-17(12)6-9-18-10-7-17)19-8-5-15-20-13-3-1-2-4-14(13)22-15/h12,18H,1-11H2,(H,19,21). The van der Waals surface area contributed by atoms with E-state index in [1.807, 2.05) is 11.3 Å². The van der Waals surface area contributed by atoms with E-state index in [0.717, 1.165) is 38.9 Å². The summed E-state index contributed by atoms with van der Waals surface area (Å²) in [6.45, 7) is 2.90. The Kier molecular flexibility index (Phi) is 3.95. The minimum atomic E-state index is 0.277. The molecular formula is C17H25N3OS. The first-order chi connectivity index (χ1) is 10.8. The molecule has 1 aliphatic heterocycles. The summed E-state index contributed by atoms with van der Waals surface area (Å²) in [5, 5.41) is 7.75. The van der Waals surface area contributed by atoms with Crippen molar-refractivity contribution in [2.75, 3.05) is 19.6 Å². The molecule has 1 spiro atoms. The lowest BCUT2D eigenvalue weighted by Gasteiger charge is -2.23. The van der Waals surface area contributed by atoms with Crippen molar-refractivity contribution in [3.63, 3.8) is 0 Å². The summed E-state index contributed by atoms with van der Waals surface area (Å²) in [4.78, 5) is 18.6. The summed E-state index contributed by atoms with van der Waals surface area (Å²) >= 11 is 1.86. The van der Waals surface area contributed by atoms with Gasteiger partial charge in [-0.05, 0) is 63.5 Å². The van der Waals surface area contributed by atoms with Gasteiger partial charge < -0.3 is 10.6 Å². The molecule has 2 heterocycles. The van der Waals surface area contributed by atoms with Gasteiger partial charge in [-0.25, -0.2) is 4.98 Å². The molecule has 4 rings (SSSR count). The monoisotopic (exact) mass is 319 g/mol. The number of nitrogens with zero attached hydrogens (tertiary/aromatic N) is 1. The van der Waals surface area contributed by atoms with Gasteiger partial charge in [0.1, 0.15) is 0 Å². The highest BCUT2D eigenvalue weighted by Crippen LogP contribution is 2.58. The van der Waals surface area contributed by atoms with Crippen molar-refractivity contribution < 1.29 is 4.79 Å². The van der Waals surface area contributed by atoms with Crippen molar-refractivity contribution in [1.29, 1.82) is 0 Å². The second-order valence-electron chi connectivity index (χ2n) is 7.09. The fourth-order valence-corrected chi connectivity index (χ4v) is 5.28. The predicted molar refractivity (Wildman–Crippen MR) is 88.1 cm³/mol. The van der Waals surface area contributed by atoms with Crippen LogP contribution in [0, 0.1) is 11.3 Å². The number of amides is 1. The van der Waals surface area contributed by atoms with Gasteiger partial charge in [0.15, 0.2) is 0 Å². The quantitative estimate of drug-likeness (QED) is 0.893. The molecule has 0 radical (unpaired) electrons. The molecular weight excluding hydrogens is 294 g/mol. The summed E-state index contributed by atoms with van der Waals surface area (Å²) in [6, 6.07) is 0. The number of rotatable bonds is 4. The molecule has 1 atom stereocenters. The summed E-state index contributed by atoms with van der Waals surface area (Å²) in [7, 11) is 0. The third kappa shape index (κ3) is 2.81. The van der Waals surface area contributed by atoms with Crippen LogP contribution in [-0.2, 0) is 24.1 Å². The lowest BCUT2D eigenvalue weighted by molar-refractivity contribution is -0.123. The number of piperidine rings is 1. The number of fused-ring (bicyclic) bond motifs is 1. The molecule has 1 saturated heterocycles. The van der Waals surface area contributed by atoms with Crippen LogP contribution in [0.25, 0.3) is 0 Å². The number of hydrogen-bond acceptors (Lipinski definition) is 4. The van der Waals surface area contributed by atoms with Crippen LogP contribution in [0.2, 0.25) is 0 Å². The summed E-state index contributed by atoms with van der Waals surface area (Å²) in [5.74, 6) is 0.558. The van der Waals surface area contributed by atoms with E-state index in [1.165, 1.54) is 47.7 Å². The van der Waals surface area contributed by atoms with Crippen LogP contribution in [0.15, 0.2) is 0 Å². The van der Waals surface area contributed by atoms with E-state index < -0.39 is 0 Å². The zero-order valence-electron chi connectivity index (χ0n) is 13.1. The molecule has 0 aromatic carbocycles. The van der Waals surface area contributed by atoms with Crippen LogP contribution in [-0.4, -0.2) is 30.5 Å². The summed E-state index contributed by atoms with van der Waals surface area (Å²) in [5.41, 5.74) is 1.67. The first-order valence-corrected chi connectivity index (χ1v) is 9.54. The Hall–Kier alpha value is -0.940. The van der Waals surface area contributed by atoms with Crippen molar-refractivity contribution in [3.8, 4) is 0 Å². The third-order valence-corrected chi connectivity index (χ3v) is 6.85. The number of hydrogen-bond donors (Lipinski definition) is 2. The molecule has 1 aromatic rings. The Morgan fingerprint density at radius 2 is 2.14 bits per heavy atom. The van der Waals surface area contributed by atoms with Crippen LogP contribution in [0.3, 0.4) is 0 Å². The zero-order valence-corrected chi connectivity index (χ0v) is 13.9. The number of thiazole rings is 1. The summed E-state index contributed by atoms with van der Waals surface area (Å²) < 4.78 is 0. The predicted octanol–water partition coefficient (Wildman–Crippen LogP) is 2.07. The first kappa shape index (κ1) is 14.6. The first-order valence-electron chi connectivity index (χ1n) is 8.73. The van der Waals surface area contributed by atoms with Gasteiger partial charge in [-0.15, -0.1) is 11.3 Å². The van der Waals surface area contributed by atoms with E-state index in [-0.39, 0.29) is 11.8 Å². The highest BCUT2D eigenvalue weighted by molar-refractivity contribution is 7.11. The van der Waals surface area contributed by atoms with Gasteiger partial charge in [-0.2, -0.15) is 0 Å². The number of aromatic nitrogens is 1. The van der Waals surface area contributed by atoms with Gasteiger partial charge in [0.2, 0.25) is 5.91 Å². The van der Waals surface area contributed by atoms with Gasteiger partial charge >= 0.3 is 0 Å². The maximum absolute atomic E-state index is 12.3. The molecule has 4 nitrogen and oxygen atoms in total. The smallest absolute Gasteiger partial charge is 0.223 e. The van der Waals surface area contributed by atoms with Gasteiger partial charge in [-0.1, -0.05) is 0 Å². The lowest BCUT2D eigenvalue weighted by atomic mass is 9.92. The third-order valence-electron chi connectivity index (χ3n) is 5.63. The van der Waals surface area contributed by atoms with E-state index in [2.05, 4.69) is 10.6 Å². The Labute approximate surface area is 136 Å². The Morgan fingerprint density at radius 1 is 1.32 bits per heavy atom. The summed E-state index contributed by atoms with van der Waals surface area (Å²) in [6.07, 6.45) is 9.29. The number of carbonyl (C=O) groups excluding carboxylic acids is 1. The van der Waals surface area contributed by atoms with Crippen LogP contribution in [0.4, 0.5) is 0 Å². The van der Waals surface area contributed by atoms with E-state index in [0.29, 0.717) is 5.41 Å². The maximum Gasteiger partial charge on any atom is 0.223 e. The van der Waals surface area contributed by atoms with Crippen molar-refractivity contribution in [3.05, 3.63) is 15.6 Å². The van der Waals surface area contributed by atoms with Gasteiger partial charge in [0.05, 0.1) is 10.7 Å². The molecule has 120 valence electrons. The Balaban J connectivity index is 1.25. The molecule has 2 fully saturated rings. The largest absolute Gasteiger partial charge is 0.355 e. The van der Waals surface area contributed by atoms with Gasteiger partial charge in [-0.3, -0.25) is 4.79 Å². The molecule has 2 aliphatic carbocycles. The highest BCUT2D eigenvalue weighted by atomic mass is 32.1. The number of carbonyl (C=O) groups is 1. The molecule has 2 N–H and O–H groups in total. The van der Waals surface area contributed by atoms with E-state index in [1.54, 1.807) is 0 Å². The average molecular weight is 319 g/mol. The van der Waals surface area contributed by atoms with E-state index in [4.69, 9.17) is 4.98 Å². The number of nitrogens with one attached hydrogen (secondary N) is 2. The van der Waals surface area contributed by atoms with Crippen LogP contribution < -0.4 is 10.6 Å². The normalized spacial score (nSPS) is 25.7. The lowest BCUT2D eigenvalue weighted by Crippen LogP contribution is -2.34. The van der Waals surface area contributed by atoms with Crippen molar-refractivity contribution in [1.82, 2.24) is 15.6 Å². The van der Waals surface area contributed by atoms with E-state index >= 15 is 0 Å². The zero-order chi connectivity index (χ0) is 15.0. The van der Waals surface area contributed by atoms with Crippen molar-refractivity contribution in [2.45, 2.75) is 51.4 Å². The molecule has 5 heteroatoms. The second-order valence-corrected chi connectivity index (χ2v) is 8.26. The van der Waals surface area contributed by atoms with Gasteiger partial charge in [0, 0.05) is 23.8 Å². The number of aryl methyl sites for hydroxylation is 2. The fourth-order valence-electron chi connectivity index (χ4n) is 4.12. The molecule has 0 bridgehead atoms. The van der Waals surface area contributed by atoms with E-state index in [9.17, 15) is 4.79 Å². The molecule has 22 heavy (non-hydrogen) atoms. The highest BCUT2D eigenvalue weighted by Gasteiger charge is 2.57. The molecule has 1 unspecified atom stereocenters. The average Bonchev–Trinajstić information content (AvgIpc) is 3.06. The maximum atomic E-state index is 12.3.